The Morgan fingerprint density at radius 2 is 1.84 bits per heavy atom. The summed E-state index contributed by atoms with van der Waals surface area (Å²) in [5.74, 6) is 1.56. The Labute approximate surface area is 118 Å². The van der Waals surface area contributed by atoms with E-state index in [0.717, 1.165) is 18.4 Å². The van der Waals surface area contributed by atoms with Crippen molar-refractivity contribution in [3.05, 3.63) is 0 Å². The molecule has 2 rings (SSSR count). The number of piperidine rings is 1. The number of nitrogens with one attached hydrogen (secondary N) is 1. The molecule has 2 unspecified atom stereocenters. The van der Waals surface area contributed by atoms with Crippen LogP contribution in [0.2, 0.25) is 0 Å². The molecule has 2 fully saturated rings. The number of hydrogen-bond donors (Lipinski definition) is 1. The zero-order chi connectivity index (χ0) is 14.0. The molecule has 3 heteroatoms. The van der Waals surface area contributed by atoms with E-state index in [1.807, 2.05) is 13.8 Å². The Balaban J connectivity index is 1.97. The smallest absolute Gasteiger partial charge is 0.0697 e. The summed E-state index contributed by atoms with van der Waals surface area (Å²) in [5.41, 5.74) is -0.247. The largest absolute Gasteiger partial charge is 0.312 e. The van der Waals surface area contributed by atoms with E-state index in [1.54, 1.807) is 0 Å². The average Bonchev–Trinajstić information content (AvgIpc) is 2.35. The first kappa shape index (κ1) is 14.8. The lowest BCUT2D eigenvalue weighted by atomic mass is 9.73. The van der Waals surface area contributed by atoms with Crippen molar-refractivity contribution in [3.8, 4) is 6.07 Å². The maximum atomic E-state index is 9.14. The Bertz CT molecular complexity index is 328. The number of hydrogen-bond acceptors (Lipinski definition) is 3. The number of nitrogens with zero attached hydrogens (tertiary/aromatic N) is 2. The quantitative estimate of drug-likeness (QED) is 0.847. The van der Waals surface area contributed by atoms with E-state index in [4.69, 9.17) is 5.26 Å². The molecule has 2 bridgehead atoms. The van der Waals surface area contributed by atoms with Gasteiger partial charge in [0, 0.05) is 31.7 Å². The van der Waals surface area contributed by atoms with Crippen molar-refractivity contribution in [2.24, 2.45) is 17.3 Å². The van der Waals surface area contributed by atoms with Crippen LogP contribution in [0.15, 0.2) is 0 Å². The summed E-state index contributed by atoms with van der Waals surface area (Å²) < 4.78 is 0. The standard InChI is InChI=1S/C16H29N3/c1-12(2)19-8-13-6-5-7-14(9-19)15(13)18-11-16(3,4)10-17/h12-15,18H,5-9,11H2,1-4H3. The van der Waals surface area contributed by atoms with Gasteiger partial charge in [0.05, 0.1) is 11.5 Å². The maximum absolute atomic E-state index is 9.14. The van der Waals surface area contributed by atoms with E-state index >= 15 is 0 Å². The minimum atomic E-state index is -0.247. The summed E-state index contributed by atoms with van der Waals surface area (Å²) in [6, 6.07) is 3.70. The molecule has 0 aromatic rings. The zero-order valence-electron chi connectivity index (χ0n) is 12.9. The van der Waals surface area contributed by atoms with Crippen molar-refractivity contribution in [3.63, 3.8) is 0 Å². The first-order valence-corrected chi connectivity index (χ1v) is 7.81. The monoisotopic (exact) mass is 263 g/mol. The van der Waals surface area contributed by atoms with E-state index in [2.05, 4.69) is 30.1 Å². The van der Waals surface area contributed by atoms with Gasteiger partial charge in [-0.15, -0.1) is 0 Å². The van der Waals surface area contributed by atoms with E-state index in [-0.39, 0.29) is 5.41 Å². The first-order valence-electron chi connectivity index (χ1n) is 7.81. The summed E-state index contributed by atoms with van der Waals surface area (Å²) in [6.07, 6.45) is 4.09. The van der Waals surface area contributed by atoms with Crippen LogP contribution in [0.3, 0.4) is 0 Å². The Morgan fingerprint density at radius 1 is 1.26 bits per heavy atom. The lowest BCUT2D eigenvalue weighted by Gasteiger charge is -2.49. The second-order valence-corrected chi connectivity index (χ2v) is 7.40. The first-order chi connectivity index (χ1) is 8.93. The van der Waals surface area contributed by atoms with Gasteiger partial charge in [0.1, 0.15) is 0 Å². The molecule has 1 aliphatic heterocycles. The van der Waals surface area contributed by atoms with E-state index in [0.29, 0.717) is 12.1 Å². The lowest BCUT2D eigenvalue weighted by Crippen LogP contribution is -2.59. The van der Waals surface area contributed by atoms with Crippen LogP contribution in [-0.4, -0.2) is 36.6 Å². The molecular formula is C16H29N3. The second kappa shape index (κ2) is 5.81. The molecule has 0 aromatic heterocycles. The van der Waals surface area contributed by atoms with E-state index in [1.165, 1.54) is 32.4 Å². The van der Waals surface area contributed by atoms with Crippen LogP contribution >= 0.6 is 0 Å². The van der Waals surface area contributed by atoms with Crippen LogP contribution in [-0.2, 0) is 0 Å². The van der Waals surface area contributed by atoms with E-state index < -0.39 is 0 Å². The van der Waals surface area contributed by atoms with Gasteiger partial charge in [-0.2, -0.15) is 5.26 Å². The molecule has 1 N–H and O–H groups in total. The summed E-state index contributed by atoms with van der Waals surface area (Å²) in [6.45, 7) is 12.0. The highest BCUT2D eigenvalue weighted by molar-refractivity contribution is 4.99. The molecule has 1 heterocycles. The summed E-state index contributed by atoms with van der Waals surface area (Å²) in [7, 11) is 0. The van der Waals surface area contributed by atoms with Crippen LogP contribution in [0.25, 0.3) is 0 Å². The van der Waals surface area contributed by atoms with Gasteiger partial charge >= 0.3 is 0 Å². The Hall–Kier alpha value is -0.590. The van der Waals surface area contributed by atoms with Crippen molar-refractivity contribution in [1.82, 2.24) is 10.2 Å². The van der Waals surface area contributed by atoms with Gasteiger partial charge in [-0.05, 0) is 52.4 Å². The molecular weight excluding hydrogens is 234 g/mol. The lowest BCUT2D eigenvalue weighted by molar-refractivity contribution is 0.0274. The third kappa shape index (κ3) is 3.49. The van der Waals surface area contributed by atoms with Gasteiger partial charge in [-0.1, -0.05) is 6.42 Å². The van der Waals surface area contributed by atoms with Crippen molar-refractivity contribution < 1.29 is 0 Å². The number of likely N-dealkylation sites (tertiary alicyclic amines) is 1. The molecule has 3 nitrogen and oxygen atoms in total. The van der Waals surface area contributed by atoms with Gasteiger partial charge in [0.15, 0.2) is 0 Å². The molecule has 0 aromatic carbocycles. The second-order valence-electron chi connectivity index (χ2n) is 7.40. The molecule has 0 amide bonds. The maximum Gasteiger partial charge on any atom is 0.0697 e. The van der Waals surface area contributed by atoms with Gasteiger partial charge < -0.3 is 10.2 Å². The van der Waals surface area contributed by atoms with Gasteiger partial charge in [0.25, 0.3) is 0 Å². The van der Waals surface area contributed by atoms with Gasteiger partial charge in [-0.3, -0.25) is 0 Å². The van der Waals surface area contributed by atoms with Crippen molar-refractivity contribution in [1.29, 1.82) is 5.26 Å². The van der Waals surface area contributed by atoms with Gasteiger partial charge in [-0.25, -0.2) is 0 Å². The Kier molecular flexibility index (Phi) is 4.53. The van der Waals surface area contributed by atoms with Crippen molar-refractivity contribution >= 4 is 0 Å². The average molecular weight is 263 g/mol. The van der Waals surface area contributed by atoms with Crippen LogP contribution in [0.5, 0.6) is 0 Å². The normalized spacial score (nSPS) is 32.3. The predicted molar refractivity (Wildman–Crippen MR) is 78.7 cm³/mol. The third-order valence-electron chi connectivity index (χ3n) is 4.92. The predicted octanol–water partition coefficient (Wildman–Crippen LogP) is 2.63. The molecule has 1 aliphatic carbocycles. The fourth-order valence-electron chi connectivity index (χ4n) is 3.64. The molecule has 1 saturated carbocycles. The summed E-state index contributed by atoms with van der Waals surface area (Å²) >= 11 is 0. The molecule has 108 valence electrons. The Morgan fingerprint density at radius 3 is 2.32 bits per heavy atom. The number of nitriles is 1. The highest BCUT2D eigenvalue weighted by atomic mass is 15.2. The van der Waals surface area contributed by atoms with Crippen LogP contribution < -0.4 is 5.32 Å². The third-order valence-corrected chi connectivity index (χ3v) is 4.92. The molecule has 0 radical (unpaired) electrons. The molecule has 0 spiro atoms. The van der Waals surface area contributed by atoms with Crippen molar-refractivity contribution in [2.45, 2.75) is 59.0 Å². The van der Waals surface area contributed by atoms with E-state index in [9.17, 15) is 0 Å². The summed E-state index contributed by atoms with van der Waals surface area (Å²) in [5, 5.41) is 12.9. The van der Waals surface area contributed by atoms with Crippen LogP contribution in [0, 0.1) is 28.6 Å². The molecule has 2 aliphatic rings. The van der Waals surface area contributed by atoms with Crippen LogP contribution in [0.1, 0.15) is 47.0 Å². The topological polar surface area (TPSA) is 39.1 Å². The van der Waals surface area contributed by atoms with Crippen LogP contribution in [0.4, 0.5) is 0 Å². The fourth-order valence-corrected chi connectivity index (χ4v) is 3.64. The zero-order valence-corrected chi connectivity index (χ0v) is 12.9. The molecule has 19 heavy (non-hydrogen) atoms. The minimum absolute atomic E-state index is 0.247. The number of rotatable bonds is 4. The van der Waals surface area contributed by atoms with Gasteiger partial charge in [0.2, 0.25) is 0 Å². The molecule has 1 saturated heterocycles. The molecule has 2 atom stereocenters. The number of fused-ring (bicyclic) bond motifs is 2. The SMILES string of the molecule is CC(C)N1CC2CCCC(C1)C2NCC(C)(C)C#N. The highest BCUT2D eigenvalue weighted by Crippen LogP contribution is 2.36. The fraction of sp³-hybridized carbons (Fsp3) is 0.938. The highest BCUT2D eigenvalue weighted by Gasteiger charge is 2.40. The van der Waals surface area contributed by atoms with Crippen molar-refractivity contribution in [2.75, 3.05) is 19.6 Å². The summed E-state index contributed by atoms with van der Waals surface area (Å²) in [4.78, 5) is 2.64. The minimum Gasteiger partial charge on any atom is -0.312 e.